The Bertz CT molecular complexity index is 458. The van der Waals surface area contributed by atoms with Crippen LogP contribution in [0.25, 0.3) is 0 Å². The van der Waals surface area contributed by atoms with Gasteiger partial charge in [-0.2, -0.15) is 0 Å². The largest absolute Gasteiger partial charge is 0.102 e. The van der Waals surface area contributed by atoms with E-state index in [1.165, 1.54) is 62.7 Å². The molecule has 150 valence electrons. The van der Waals surface area contributed by atoms with Gasteiger partial charge in [-0.1, -0.05) is 53.4 Å². The summed E-state index contributed by atoms with van der Waals surface area (Å²) in [5, 5.41) is 0. The summed E-state index contributed by atoms with van der Waals surface area (Å²) in [5.41, 5.74) is 9.87. The normalized spacial score (nSPS) is 11.8. The van der Waals surface area contributed by atoms with Gasteiger partial charge in [-0.15, -0.1) is 15.8 Å². The molecule has 0 saturated heterocycles. The highest BCUT2D eigenvalue weighted by Gasteiger charge is 2.19. The molecule has 0 fully saturated rings. The predicted molar refractivity (Wildman–Crippen MR) is 127 cm³/mol. The van der Waals surface area contributed by atoms with Gasteiger partial charge in [-0.25, -0.2) is 0 Å². The van der Waals surface area contributed by atoms with E-state index in [1.807, 2.05) is 0 Å². The summed E-state index contributed by atoms with van der Waals surface area (Å²) >= 11 is 0. The highest BCUT2D eigenvalue weighted by Crippen LogP contribution is 2.46. The van der Waals surface area contributed by atoms with Crippen LogP contribution in [0.4, 0.5) is 0 Å². The summed E-state index contributed by atoms with van der Waals surface area (Å²) in [4.78, 5) is 0. The first-order valence-corrected chi connectivity index (χ1v) is 14.7. The van der Waals surface area contributed by atoms with Crippen molar-refractivity contribution < 1.29 is 0 Å². The summed E-state index contributed by atoms with van der Waals surface area (Å²) in [5.74, 6) is 0. The zero-order valence-electron chi connectivity index (χ0n) is 19.0. The fraction of sp³-hybridized carbons (Fsp3) is 0.750. The Morgan fingerprint density at radius 1 is 0.462 bits per heavy atom. The molecule has 1 aromatic rings. The molecule has 2 heteroatoms. The highest BCUT2D eigenvalue weighted by atomic mass is 31.1. The van der Waals surface area contributed by atoms with Crippen LogP contribution < -0.4 is 0 Å². The molecule has 0 heterocycles. The second-order valence-corrected chi connectivity index (χ2v) is 13.1. The van der Waals surface area contributed by atoms with Crippen molar-refractivity contribution in [2.45, 2.75) is 93.4 Å². The predicted octanol–water partition coefficient (Wildman–Crippen LogP) is 8.52. The summed E-state index contributed by atoms with van der Waals surface area (Å²) in [6.45, 7) is 19.1. The topological polar surface area (TPSA) is 0 Å². The average molecular weight is 395 g/mol. The Morgan fingerprint density at radius 2 is 0.692 bits per heavy atom. The minimum absolute atomic E-state index is 0.172. The summed E-state index contributed by atoms with van der Waals surface area (Å²) in [6.07, 6.45) is 13.9. The van der Waals surface area contributed by atoms with Crippen molar-refractivity contribution >= 4 is 15.8 Å². The minimum Gasteiger partial charge on any atom is -0.102 e. The van der Waals surface area contributed by atoms with E-state index in [2.05, 4.69) is 55.4 Å². The Kier molecular flexibility index (Phi) is 11.6. The van der Waals surface area contributed by atoms with E-state index < -0.39 is 0 Å². The Balaban J connectivity index is 3.18. The Morgan fingerprint density at radius 3 is 0.885 bits per heavy atom. The van der Waals surface area contributed by atoms with E-state index in [0.29, 0.717) is 0 Å². The molecule has 0 amide bonds. The molecule has 0 aromatic heterocycles. The molecule has 0 aliphatic rings. The molecule has 0 saturated carbocycles. The third-order valence-electron chi connectivity index (χ3n) is 5.86. The van der Waals surface area contributed by atoms with Crippen LogP contribution in [0, 0.1) is 27.7 Å². The number of benzene rings is 1. The van der Waals surface area contributed by atoms with Gasteiger partial charge in [0.2, 0.25) is 0 Å². The van der Waals surface area contributed by atoms with Crippen LogP contribution in [-0.4, -0.2) is 24.6 Å². The lowest BCUT2D eigenvalue weighted by molar-refractivity contribution is 1.02. The van der Waals surface area contributed by atoms with E-state index in [-0.39, 0.29) is 15.8 Å². The lowest BCUT2D eigenvalue weighted by Crippen LogP contribution is -2.07. The van der Waals surface area contributed by atoms with Gasteiger partial charge in [0.15, 0.2) is 0 Å². The van der Waals surface area contributed by atoms with Gasteiger partial charge in [-0.3, -0.25) is 0 Å². The molecule has 0 spiro atoms. The van der Waals surface area contributed by atoms with E-state index in [9.17, 15) is 0 Å². The molecule has 0 bridgehead atoms. The number of rotatable bonds is 12. The van der Waals surface area contributed by atoms with Crippen molar-refractivity contribution in [1.29, 1.82) is 0 Å². The maximum atomic E-state index is 2.41. The minimum atomic E-state index is 0.172. The molecular formula is C24H44P2. The van der Waals surface area contributed by atoms with Crippen LogP contribution in [0.5, 0.6) is 0 Å². The quantitative estimate of drug-likeness (QED) is 0.312. The van der Waals surface area contributed by atoms with Crippen LogP contribution in [0.15, 0.2) is 0 Å². The van der Waals surface area contributed by atoms with Gasteiger partial charge in [0.1, 0.15) is 0 Å². The molecule has 0 radical (unpaired) electrons. The highest BCUT2D eigenvalue weighted by molar-refractivity contribution is 7.57. The lowest BCUT2D eigenvalue weighted by atomic mass is 9.90. The van der Waals surface area contributed by atoms with Crippen molar-refractivity contribution in [3.63, 3.8) is 0 Å². The summed E-state index contributed by atoms with van der Waals surface area (Å²) in [7, 11) is 0.344. The van der Waals surface area contributed by atoms with Crippen LogP contribution in [0.1, 0.15) is 86.8 Å². The molecule has 0 aliphatic carbocycles. The van der Waals surface area contributed by atoms with Gasteiger partial charge in [-0.05, 0) is 98.0 Å². The zero-order chi connectivity index (χ0) is 19.7. The molecular weight excluding hydrogens is 350 g/mol. The first kappa shape index (κ1) is 24.1. The van der Waals surface area contributed by atoms with Crippen LogP contribution in [0.2, 0.25) is 0 Å². The summed E-state index contributed by atoms with van der Waals surface area (Å²) in [6, 6.07) is 0. The van der Waals surface area contributed by atoms with Gasteiger partial charge in [0, 0.05) is 0 Å². The van der Waals surface area contributed by atoms with Crippen molar-refractivity contribution in [2.75, 3.05) is 24.6 Å². The monoisotopic (exact) mass is 394 g/mol. The van der Waals surface area contributed by atoms with Gasteiger partial charge < -0.3 is 0 Å². The zero-order valence-corrected chi connectivity index (χ0v) is 20.8. The van der Waals surface area contributed by atoms with Crippen molar-refractivity contribution in [2.24, 2.45) is 0 Å². The Labute approximate surface area is 167 Å². The lowest BCUT2D eigenvalue weighted by Gasteiger charge is -2.26. The molecule has 0 atom stereocenters. The fourth-order valence-corrected chi connectivity index (χ4v) is 9.65. The number of hydrogen-bond donors (Lipinski definition) is 0. The van der Waals surface area contributed by atoms with Gasteiger partial charge in [0.25, 0.3) is 0 Å². The van der Waals surface area contributed by atoms with Crippen LogP contribution in [-0.2, 0) is 12.3 Å². The van der Waals surface area contributed by atoms with Gasteiger partial charge in [0.05, 0.1) is 0 Å². The maximum absolute atomic E-state index is 2.41. The molecule has 0 N–H and O–H groups in total. The SMILES string of the molecule is CCCP(CCC)Cc1c(C)c(C)c(CP(CCC)CCC)c(C)c1C. The van der Waals surface area contributed by atoms with Gasteiger partial charge >= 0.3 is 0 Å². The molecule has 1 aromatic carbocycles. The molecule has 0 aliphatic heterocycles. The fourth-order valence-electron chi connectivity index (χ4n) is 4.19. The van der Waals surface area contributed by atoms with Crippen molar-refractivity contribution in [1.82, 2.24) is 0 Å². The molecule has 0 nitrogen and oxygen atoms in total. The van der Waals surface area contributed by atoms with Crippen molar-refractivity contribution in [3.8, 4) is 0 Å². The van der Waals surface area contributed by atoms with E-state index in [1.54, 1.807) is 33.4 Å². The first-order valence-electron chi connectivity index (χ1n) is 10.9. The standard InChI is InChI=1S/C24H44P2/c1-9-13-25(14-10-2)17-23-19(5)21(7)24(22(8)20(23)6)18-26(15-11-3)16-12-4/h9-18H2,1-8H3. The first-order chi connectivity index (χ1) is 12.4. The summed E-state index contributed by atoms with van der Waals surface area (Å²) < 4.78 is 0. The van der Waals surface area contributed by atoms with Crippen LogP contribution >= 0.6 is 15.8 Å². The second kappa shape index (κ2) is 12.5. The third-order valence-corrected chi connectivity index (χ3v) is 11.7. The number of hydrogen-bond acceptors (Lipinski definition) is 0. The van der Waals surface area contributed by atoms with E-state index in [4.69, 9.17) is 0 Å². The third kappa shape index (κ3) is 6.60. The smallest absolute Gasteiger partial charge is 0.00676 e. The average Bonchev–Trinajstić information content (AvgIpc) is 2.61. The van der Waals surface area contributed by atoms with E-state index in [0.717, 1.165) is 0 Å². The van der Waals surface area contributed by atoms with Crippen molar-refractivity contribution in [3.05, 3.63) is 33.4 Å². The van der Waals surface area contributed by atoms with E-state index >= 15 is 0 Å². The Hall–Kier alpha value is 0.0800. The van der Waals surface area contributed by atoms with Crippen LogP contribution in [0.3, 0.4) is 0 Å². The molecule has 1 rings (SSSR count). The maximum Gasteiger partial charge on any atom is -0.00676 e. The second-order valence-electron chi connectivity index (χ2n) is 8.01. The molecule has 0 unspecified atom stereocenters. The molecule has 26 heavy (non-hydrogen) atoms.